The van der Waals surface area contributed by atoms with Crippen molar-refractivity contribution in [3.05, 3.63) is 58.6 Å². The molecule has 0 atom stereocenters. The summed E-state index contributed by atoms with van der Waals surface area (Å²) in [5.74, 6) is 0.847. The zero-order valence-corrected chi connectivity index (χ0v) is 13.8. The van der Waals surface area contributed by atoms with Crippen molar-refractivity contribution in [3.63, 3.8) is 0 Å². The Kier molecular flexibility index (Phi) is 4.72. The van der Waals surface area contributed by atoms with Gasteiger partial charge in [0.15, 0.2) is 0 Å². The van der Waals surface area contributed by atoms with Crippen LogP contribution >= 0.6 is 11.6 Å². The quantitative estimate of drug-likeness (QED) is 0.910. The summed E-state index contributed by atoms with van der Waals surface area (Å²) in [4.78, 5) is 14.3. The molecule has 5 heteroatoms. The largest absolute Gasteiger partial charge is 0.494 e. The molecule has 2 aromatic carbocycles. The Hall–Kier alpha value is -2.20. The molecule has 0 aromatic heterocycles. The summed E-state index contributed by atoms with van der Waals surface area (Å²) in [5.41, 5.74) is 3.04. The lowest BCUT2D eigenvalue weighted by Crippen LogP contribution is -2.38. The molecular weight excluding hydrogens is 312 g/mol. The van der Waals surface area contributed by atoms with Gasteiger partial charge in [-0.15, -0.1) is 0 Å². The standard InChI is InChI=1S/C18H19ClN2O2/c1-2-23-15-8-7-13-9-10-21(12-14(13)11-15)18(22)20-17-6-4-3-5-16(17)19/h3-8,11H,2,9-10,12H2,1H3,(H,20,22). The molecule has 0 bridgehead atoms. The number of carbonyl (C=O) groups is 1. The van der Waals surface area contributed by atoms with Crippen LogP contribution in [0, 0.1) is 0 Å². The van der Waals surface area contributed by atoms with E-state index in [4.69, 9.17) is 16.3 Å². The number of nitrogens with zero attached hydrogens (tertiary/aromatic N) is 1. The van der Waals surface area contributed by atoms with Gasteiger partial charge in [-0.25, -0.2) is 4.79 Å². The smallest absolute Gasteiger partial charge is 0.322 e. The monoisotopic (exact) mass is 330 g/mol. The van der Waals surface area contributed by atoms with Crippen molar-refractivity contribution in [2.24, 2.45) is 0 Å². The fourth-order valence-electron chi connectivity index (χ4n) is 2.72. The lowest BCUT2D eigenvalue weighted by atomic mass is 10.00. The van der Waals surface area contributed by atoms with E-state index in [0.717, 1.165) is 17.7 Å². The second kappa shape index (κ2) is 6.92. The second-order valence-electron chi connectivity index (χ2n) is 5.45. The number of halogens is 1. The highest BCUT2D eigenvalue weighted by molar-refractivity contribution is 6.33. The molecule has 1 N–H and O–H groups in total. The first-order valence-corrected chi connectivity index (χ1v) is 8.10. The predicted octanol–water partition coefficient (Wildman–Crippen LogP) is 4.33. The first-order chi connectivity index (χ1) is 11.2. The van der Waals surface area contributed by atoms with Crippen LogP contribution in [0.15, 0.2) is 42.5 Å². The summed E-state index contributed by atoms with van der Waals surface area (Å²) in [6, 6.07) is 13.2. The normalized spacial score (nSPS) is 13.4. The lowest BCUT2D eigenvalue weighted by Gasteiger charge is -2.29. The molecule has 0 fully saturated rings. The van der Waals surface area contributed by atoms with Crippen LogP contribution in [0.3, 0.4) is 0 Å². The van der Waals surface area contributed by atoms with Gasteiger partial charge in [0.1, 0.15) is 5.75 Å². The summed E-state index contributed by atoms with van der Waals surface area (Å²) in [6.45, 7) is 3.86. The van der Waals surface area contributed by atoms with Gasteiger partial charge >= 0.3 is 6.03 Å². The predicted molar refractivity (Wildman–Crippen MR) is 92.2 cm³/mol. The average molecular weight is 331 g/mol. The molecule has 1 heterocycles. The van der Waals surface area contributed by atoms with Crippen LogP contribution in [-0.4, -0.2) is 24.1 Å². The molecule has 3 rings (SSSR count). The molecule has 4 nitrogen and oxygen atoms in total. The highest BCUT2D eigenvalue weighted by Gasteiger charge is 2.21. The Bertz CT molecular complexity index is 718. The van der Waals surface area contributed by atoms with E-state index in [1.807, 2.05) is 31.2 Å². The van der Waals surface area contributed by atoms with E-state index in [1.165, 1.54) is 5.56 Å². The van der Waals surface area contributed by atoms with Crippen LogP contribution < -0.4 is 10.1 Å². The summed E-state index contributed by atoms with van der Waals surface area (Å²) >= 11 is 6.09. The van der Waals surface area contributed by atoms with Gasteiger partial charge in [0.25, 0.3) is 0 Å². The van der Waals surface area contributed by atoms with E-state index in [2.05, 4.69) is 11.4 Å². The third-order valence-corrected chi connectivity index (χ3v) is 4.23. The van der Waals surface area contributed by atoms with Crippen molar-refractivity contribution in [1.82, 2.24) is 4.90 Å². The Morgan fingerprint density at radius 2 is 2.09 bits per heavy atom. The maximum absolute atomic E-state index is 12.5. The zero-order chi connectivity index (χ0) is 16.2. The van der Waals surface area contributed by atoms with Gasteiger partial charge in [0.2, 0.25) is 0 Å². The maximum atomic E-state index is 12.5. The summed E-state index contributed by atoms with van der Waals surface area (Å²) in [7, 11) is 0. The van der Waals surface area contributed by atoms with Gasteiger partial charge in [-0.05, 0) is 48.7 Å². The number of para-hydroxylation sites is 1. The molecule has 120 valence electrons. The Morgan fingerprint density at radius 1 is 1.26 bits per heavy atom. The van der Waals surface area contributed by atoms with Crippen LogP contribution in [0.2, 0.25) is 5.02 Å². The molecule has 2 aromatic rings. The van der Waals surface area contributed by atoms with Gasteiger partial charge < -0.3 is 15.0 Å². The number of hydrogen-bond donors (Lipinski definition) is 1. The molecule has 0 radical (unpaired) electrons. The average Bonchev–Trinajstić information content (AvgIpc) is 2.56. The van der Waals surface area contributed by atoms with Gasteiger partial charge in [-0.2, -0.15) is 0 Å². The number of amides is 2. The molecular formula is C18H19ClN2O2. The molecule has 0 aliphatic carbocycles. The molecule has 2 amide bonds. The third-order valence-electron chi connectivity index (χ3n) is 3.90. The number of fused-ring (bicyclic) bond motifs is 1. The summed E-state index contributed by atoms with van der Waals surface area (Å²) in [6.07, 6.45) is 0.845. The number of carbonyl (C=O) groups excluding carboxylic acids is 1. The number of ether oxygens (including phenoxy) is 1. The van der Waals surface area contributed by atoms with E-state index in [9.17, 15) is 4.79 Å². The molecule has 0 saturated carbocycles. The zero-order valence-electron chi connectivity index (χ0n) is 13.0. The number of anilines is 1. The summed E-state index contributed by atoms with van der Waals surface area (Å²) in [5, 5.41) is 3.41. The van der Waals surface area contributed by atoms with Crippen LogP contribution in [0.4, 0.5) is 10.5 Å². The molecule has 1 aliphatic heterocycles. The van der Waals surface area contributed by atoms with E-state index in [0.29, 0.717) is 30.4 Å². The Labute approximate surface area is 141 Å². The molecule has 0 unspecified atom stereocenters. The summed E-state index contributed by atoms with van der Waals surface area (Å²) < 4.78 is 5.54. The maximum Gasteiger partial charge on any atom is 0.322 e. The van der Waals surface area contributed by atoms with Crippen LogP contribution in [0.5, 0.6) is 5.75 Å². The van der Waals surface area contributed by atoms with Crippen LogP contribution in [0.25, 0.3) is 0 Å². The van der Waals surface area contributed by atoms with Crippen molar-refractivity contribution >= 4 is 23.3 Å². The van der Waals surface area contributed by atoms with E-state index >= 15 is 0 Å². The number of rotatable bonds is 3. The first-order valence-electron chi connectivity index (χ1n) is 7.72. The van der Waals surface area contributed by atoms with Gasteiger partial charge in [-0.3, -0.25) is 0 Å². The van der Waals surface area contributed by atoms with Crippen molar-refractivity contribution in [2.75, 3.05) is 18.5 Å². The fraction of sp³-hybridized carbons (Fsp3) is 0.278. The highest BCUT2D eigenvalue weighted by Crippen LogP contribution is 2.25. The van der Waals surface area contributed by atoms with E-state index in [-0.39, 0.29) is 6.03 Å². The molecule has 1 aliphatic rings. The van der Waals surface area contributed by atoms with Crippen molar-refractivity contribution in [2.45, 2.75) is 19.9 Å². The van der Waals surface area contributed by atoms with Crippen molar-refractivity contribution < 1.29 is 9.53 Å². The number of urea groups is 1. The number of benzene rings is 2. The highest BCUT2D eigenvalue weighted by atomic mass is 35.5. The minimum Gasteiger partial charge on any atom is -0.494 e. The van der Waals surface area contributed by atoms with Gasteiger partial charge in [0, 0.05) is 13.1 Å². The first kappa shape index (κ1) is 15.7. The fourth-order valence-corrected chi connectivity index (χ4v) is 2.90. The van der Waals surface area contributed by atoms with Crippen LogP contribution in [-0.2, 0) is 13.0 Å². The molecule has 0 spiro atoms. The Balaban J connectivity index is 1.72. The van der Waals surface area contributed by atoms with E-state index in [1.54, 1.807) is 17.0 Å². The van der Waals surface area contributed by atoms with E-state index < -0.39 is 0 Å². The van der Waals surface area contributed by atoms with Crippen molar-refractivity contribution in [3.8, 4) is 5.75 Å². The second-order valence-corrected chi connectivity index (χ2v) is 5.85. The SMILES string of the molecule is CCOc1ccc2c(c1)CN(C(=O)Nc1ccccc1Cl)CC2. The topological polar surface area (TPSA) is 41.6 Å². The van der Waals surface area contributed by atoms with Gasteiger partial charge in [0.05, 0.1) is 17.3 Å². The third kappa shape index (κ3) is 3.59. The lowest BCUT2D eigenvalue weighted by molar-refractivity contribution is 0.206. The number of hydrogen-bond acceptors (Lipinski definition) is 2. The Morgan fingerprint density at radius 3 is 2.87 bits per heavy atom. The number of nitrogens with one attached hydrogen (secondary N) is 1. The molecule has 23 heavy (non-hydrogen) atoms. The van der Waals surface area contributed by atoms with Crippen LogP contribution in [0.1, 0.15) is 18.1 Å². The van der Waals surface area contributed by atoms with Gasteiger partial charge in [-0.1, -0.05) is 29.8 Å². The van der Waals surface area contributed by atoms with Crippen molar-refractivity contribution in [1.29, 1.82) is 0 Å². The minimum absolute atomic E-state index is 0.134. The molecule has 0 saturated heterocycles. The minimum atomic E-state index is -0.134.